The van der Waals surface area contributed by atoms with Crippen LogP contribution in [-0.4, -0.2) is 23.6 Å². The largest absolute Gasteiger partial charge is 0.452 e. The SMILES string of the molecule is Cc1onc(-c2c(F)cccc2Cl)c1C(=O)OCC(=O)Nc1ccc(C#N)c(Cl)c1. The molecule has 3 rings (SSSR count). The second-order valence-corrected chi connectivity index (χ2v) is 6.80. The summed E-state index contributed by atoms with van der Waals surface area (Å²) in [5.74, 6) is -2.20. The van der Waals surface area contributed by atoms with Crippen LogP contribution in [0.5, 0.6) is 0 Å². The molecule has 10 heteroatoms. The maximum absolute atomic E-state index is 14.2. The lowest BCUT2D eigenvalue weighted by molar-refractivity contribution is -0.119. The smallest absolute Gasteiger partial charge is 0.344 e. The molecular weight excluding hydrogens is 436 g/mol. The van der Waals surface area contributed by atoms with Crippen molar-refractivity contribution in [3.63, 3.8) is 0 Å². The number of amides is 1. The van der Waals surface area contributed by atoms with Crippen LogP contribution in [-0.2, 0) is 9.53 Å². The summed E-state index contributed by atoms with van der Waals surface area (Å²) < 4.78 is 24.2. The molecule has 0 radical (unpaired) electrons. The van der Waals surface area contributed by atoms with E-state index in [-0.39, 0.29) is 38.2 Å². The summed E-state index contributed by atoms with van der Waals surface area (Å²) in [5, 5.41) is 15.3. The fourth-order valence-corrected chi connectivity index (χ4v) is 3.07. The number of carbonyl (C=O) groups is 2. The van der Waals surface area contributed by atoms with Gasteiger partial charge in [0.05, 0.1) is 21.2 Å². The number of aryl methyl sites for hydroxylation is 1. The topological polar surface area (TPSA) is 105 Å². The highest BCUT2D eigenvalue weighted by molar-refractivity contribution is 6.33. The van der Waals surface area contributed by atoms with Crippen LogP contribution in [0.15, 0.2) is 40.9 Å². The molecule has 0 saturated heterocycles. The van der Waals surface area contributed by atoms with Gasteiger partial charge < -0.3 is 14.6 Å². The number of hydrogen-bond donors (Lipinski definition) is 1. The maximum Gasteiger partial charge on any atom is 0.344 e. The van der Waals surface area contributed by atoms with Crippen LogP contribution in [0.4, 0.5) is 10.1 Å². The van der Waals surface area contributed by atoms with Crippen molar-refractivity contribution in [2.75, 3.05) is 11.9 Å². The van der Waals surface area contributed by atoms with Crippen molar-refractivity contribution in [2.45, 2.75) is 6.92 Å². The van der Waals surface area contributed by atoms with Gasteiger partial charge in [0.25, 0.3) is 5.91 Å². The average molecular weight is 448 g/mol. The highest BCUT2D eigenvalue weighted by atomic mass is 35.5. The van der Waals surface area contributed by atoms with E-state index in [1.807, 2.05) is 6.07 Å². The molecule has 1 N–H and O–H groups in total. The Labute approximate surface area is 179 Å². The van der Waals surface area contributed by atoms with Gasteiger partial charge in [-0.2, -0.15) is 5.26 Å². The third kappa shape index (κ3) is 4.43. The van der Waals surface area contributed by atoms with E-state index in [4.69, 9.17) is 37.7 Å². The van der Waals surface area contributed by atoms with Gasteiger partial charge in [-0.1, -0.05) is 34.4 Å². The van der Waals surface area contributed by atoms with E-state index in [0.29, 0.717) is 5.69 Å². The van der Waals surface area contributed by atoms with Gasteiger partial charge in [0.2, 0.25) is 0 Å². The van der Waals surface area contributed by atoms with Gasteiger partial charge in [-0.15, -0.1) is 0 Å². The van der Waals surface area contributed by atoms with Gasteiger partial charge in [0.1, 0.15) is 28.9 Å². The van der Waals surface area contributed by atoms with Gasteiger partial charge >= 0.3 is 5.97 Å². The zero-order chi connectivity index (χ0) is 21.8. The van der Waals surface area contributed by atoms with E-state index in [9.17, 15) is 14.0 Å². The van der Waals surface area contributed by atoms with Gasteiger partial charge in [0, 0.05) is 5.69 Å². The molecule has 0 fully saturated rings. The van der Waals surface area contributed by atoms with Crippen molar-refractivity contribution < 1.29 is 23.2 Å². The van der Waals surface area contributed by atoms with Crippen LogP contribution >= 0.6 is 23.2 Å². The molecule has 1 aromatic heterocycles. The summed E-state index contributed by atoms with van der Waals surface area (Å²) in [6.45, 7) is 0.812. The minimum Gasteiger partial charge on any atom is -0.452 e. The van der Waals surface area contributed by atoms with Gasteiger partial charge in [-0.3, -0.25) is 4.79 Å². The Bertz CT molecular complexity index is 1170. The first-order valence-corrected chi connectivity index (χ1v) is 9.14. The summed E-state index contributed by atoms with van der Waals surface area (Å²) in [6, 6.07) is 10.2. The van der Waals surface area contributed by atoms with Crippen LogP contribution < -0.4 is 5.32 Å². The number of aromatic nitrogens is 1. The molecule has 1 heterocycles. The Hall–Kier alpha value is -3.41. The number of rotatable bonds is 5. The van der Waals surface area contributed by atoms with Crippen molar-refractivity contribution >= 4 is 40.8 Å². The van der Waals surface area contributed by atoms with E-state index in [1.54, 1.807) is 0 Å². The summed E-state index contributed by atoms with van der Waals surface area (Å²) >= 11 is 11.9. The molecule has 7 nitrogen and oxygen atoms in total. The molecule has 152 valence electrons. The fourth-order valence-electron chi connectivity index (χ4n) is 2.59. The molecule has 0 aliphatic heterocycles. The molecule has 0 saturated carbocycles. The van der Waals surface area contributed by atoms with E-state index in [1.165, 1.54) is 37.3 Å². The first-order valence-electron chi connectivity index (χ1n) is 8.39. The van der Waals surface area contributed by atoms with E-state index in [0.717, 1.165) is 6.07 Å². The Morgan fingerprint density at radius 2 is 2.03 bits per heavy atom. The number of carbonyl (C=O) groups excluding carboxylic acids is 2. The van der Waals surface area contributed by atoms with Crippen LogP contribution in [0.2, 0.25) is 10.0 Å². The number of nitrogens with one attached hydrogen (secondary N) is 1. The third-order valence-corrected chi connectivity index (χ3v) is 4.60. The highest BCUT2D eigenvalue weighted by Gasteiger charge is 2.27. The molecule has 0 unspecified atom stereocenters. The zero-order valence-electron chi connectivity index (χ0n) is 15.3. The lowest BCUT2D eigenvalue weighted by Crippen LogP contribution is -2.21. The fraction of sp³-hybridized carbons (Fsp3) is 0.100. The van der Waals surface area contributed by atoms with Crippen LogP contribution in [0, 0.1) is 24.1 Å². The summed E-state index contributed by atoms with van der Waals surface area (Å²) in [5.41, 5.74) is 0.194. The number of esters is 1. The number of halogens is 3. The molecule has 30 heavy (non-hydrogen) atoms. The van der Waals surface area contributed by atoms with E-state index in [2.05, 4.69) is 10.5 Å². The number of nitriles is 1. The van der Waals surface area contributed by atoms with Crippen molar-refractivity contribution in [1.82, 2.24) is 5.16 Å². The zero-order valence-corrected chi connectivity index (χ0v) is 16.8. The van der Waals surface area contributed by atoms with Crippen molar-refractivity contribution in [2.24, 2.45) is 0 Å². The molecule has 0 aliphatic carbocycles. The lowest BCUT2D eigenvalue weighted by Gasteiger charge is -2.08. The average Bonchev–Trinajstić information content (AvgIpc) is 3.07. The Morgan fingerprint density at radius 1 is 1.27 bits per heavy atom. The number of nitrogens with zero attached hydrogens (tertiary/aromatic N) is 2. The minimum absolute atomic E-state index is 0.0350. The number of hydrogen-bond acceptors (Lipinski definition) is 6. The van der Waals surface area contributed by atoms with Crippen molar-refractivity contribution in [3.05, 3.63) is 69.1 Å². The van der Waals surface area contributed by atoms with Crippen LogP contribution in [0.3, 0.4) is 0 Å². The van der Waals surface area contributed by atoms with Gasteiger partial charge in [-0.25, -0.2) is 9.18 Å². The normalized spacial score (nSPS) is 10.4. The maximum atomic E-state index is 14.2. The first kappa shape index (κ1) is 21.3. The minimum atomic E-state index is -0.934. The summed E-state index contributed by atoms with van der Waals surface area (Å²) in [7, 11) is 0. The number of ether oxygens (including phenoxy) is 1. The molecular formula is C20H12Cl2FN3O4. The predicted octanol–water partition coefficient (Wildman–Crippen LogP) is 4.76. The molecule has 0 spiro atoms. The number of anilines is 1. The molecule has 2 aromatic carbocycles. The Morgan fingerprint density at radius 3 is 2.70 bits per heavy atom. The quantitative estimate of drug-likeness (QED) is 0.565. The molecule has 0 bridgehead atoms. The van der Waals surface area contributed by atoms with Gasteiger partial charge in [-0.05, 0) is 37.3 Å². The standard InChI is InChI=1S/C20H12Cl2FN3O4/c1-10-17(19(26-30-10)18-13(21)3-2-4-15(18)23)20(28)29-9-16(27)25-12-6-5-11(8-24)14(22)7-12/h2-7H,9H2,1H3,(H,25,27). The molecule has 0 aliphatic rings. The first-order chi connectivity index (χ1) is 14.3. The Balaban J connectivity index is 1.73. The summed E-state index contributed by atoms with van der Waals surface area (Å²) in [4.78, 5) is 24.6. The molecule has 3 aromatic rings. The van der Waals surface area contributed by atoms with Crippen LogP contribution in [0.25, 0.3) is 11.3 Å². The lowest BCUT2D eigenvalue weighted by atomic mass is 10.1. The van der Waals surface area contributed by atoms with Crippen molar-refractivity contribution in [3.8, 4) is 17.3 Å². The van der Waals surface area contributed by atoms with Crippen LogP contribution in [0.1, 0.15) is 21.7 Å². The highest BCUT2D eigenvalue weighted by Crippen LogP contribution is 2.33. The Kier molecular flexibility index (Phi) is 6.35. The summed E-state index contributed by atoms with van der Waals surface area (Å²) in [6.07, 6.45) is 0. The third-order valence-electron chi connectivity index (χ3n) is 3.97. The monoisotopic (exact) mass is 447 g/mol. The molecule has 0 atom stereocenters. The van der Waals surface area contributed by atoms with Gasteiger partial charge in [0.15, 0.2) is 6.61 Å². The number of benzene rings is 2. The molecule has 1 amide bonds. The second kappa shape index (κ2) is 8.95. The van der Waals surface area contributed by atoms with E-state index >= 15 is 0 Å². The predicted molar refractivity (Wildman–Crippen MR) is 107 cm³/mol. The second-order valence-electron chi connectivity index (χ2n) is 5.99. The van der Waals surface area contributed by atoms with E-state index < -0.39 is 24.3 Å². The van der Waals surface area contributed by atoms with Crippen molar-refractivity contribution in [1.29, 1.82) is 5.26 Å².